The second-order valence-electron chi connectivity index (χ2n) is 3.79. The summed E-state index contributed by atoms with van der Waals surface area (Å²) >= 11 is 13.6. The predicted octanol–water partition coefficient (Wildman–Crippen LogP) is 3.20. The van der Waals surface area contributed by atoms with Gasteiger partial charge in [0.25, 0.3) is 10.0 Å². The van der Waals surface area contributed by atoms with Crippen LogP contribution in [0.3, 0.4) is 0 Å². The number of hydrogen-bond donors (Lipinski definition) is 1. The first-order valence-corrected chi connectivity index (χ1v) is 8.70. The Morgan fingerprint density at radius 2 is 1.76 bits per heavy atom. The van der Waals surface area contributed by atoms with Gasteiger partial charge in [-0.15, -0.1) is 10.2 Å². The lowest BCUT2D eigenvalue weighted by atomic mass is 10.4. The van der Waals surface area contributed by atoms with Crippen molar-refractivity contribution in [2.45, 2.75) is 4.90 Å². The maximum Gasteiger partial charge on any atom is 0.263 e. The van der Waals surface area contributed by atoms with E-state index in [0.717, 1.165) is 0 Å². The van der Waals surface area contributed by atoms with Crippen LogP contribution in [0.15, 0.2) is 29.2 Å². The minimum absolute atomic E-state index is 0.0194. The van der Waals surface area contributed by atoms with Crippen LogP contribution in [0.2, 0.25) is 10.0 Å². The van der Waals surface area contributed by atoms with Gasteiger partial charge < -0.3 is 4.74 Å². The van der Waals surface area contributed by atoms with Gasteiger partial charge in [-0.2, -0.15) is 0 Å². The zero-order chi connectivity index (χ0) is 15.6. The number of nitrogens with one attached hydrogen (secondary N) is 1. The molecule has 0 aliphatic carbocycles. The fourth-order valence-electron chi connectivity index (χ4n) is 1.45. The van der Waals surface area contributed by atoms with Crippen LogP contribution in [0.1, 0.15) is 0 Å². The van der Waals surface area contributed by atoms with Crippen molar-refractivity contribution in [3.05, 3.63) is 38.0 Å². The molecule has 1 aromatic carbocycles. The van der Waals surface area contributed by atoms with E-state index in [-0.39, 0.29) is 26.5 Å². The number of anilines is 1. The molecule has 1 N–H and O–H groups in total. The topological polar surface area (TPSA) is 81.2 Å². The number of benzene rings is 1. The normalized spacial score (nSPS) is 11.2. The molecular weight excluding hydrogens is 452 g/mol. The third-order valence-corrected chi connectivity index (χ3v) is 4.61. The standard InChI is InChI=1S/C11H8Cl2IN3O3S/c1-20-9-5-10(14)15-16-11(9)17-21(18,19)8-3-6(12)2-7(13)4-8/h2-5H,1H3,(H,16,17). The molecule has 1 heterocycles. The monoisotopic (exact) mass is 459 g/mol. The second-order valence-corrected chi connectivity index (χ2v) is 7.46. The summed E-state index contributed by atoms with van der Waals surface area (Å²) < 4.78 is 32.5. The Bertz CT molecular complexity index is 766. The van der Waals surface area contributed by atoms with E-state index in [1.807, 2.05) is 22.6 Å². The van der Waals surface area contributed by atoms with E-state index < -0.39 is 10.0 Å². The minimum Gasteiger partial charge on any atom is -0.493 e. The van der Waals surface area contributed by atoms with Crippen LogP contribution in [0.5, 0.6) is 5.75 Å². The van der Waals surface area contributed by atoms with Crippen LogP contribution in [0.25, 0.3) is 0 Å². The Labute approximate surface area is 145 Å². The smallest absolute Gasteiger partial charge is 0.263 e. The molecule has 6 nitrogen and oxygen atoms in total. The zero-order valence-electron chi connectivity index (χ0n) is 10.5. The molecule has 0 amide bonds. The first kappa shape index (κ1) is 16.5. The molecule has 0 radical (unpaired) electrons. The third kappa shape index (κ3) is 4.09. The molecule has 112 valence electrons. The second kappa shape index (κ2) is 6.51. The average Bonchev–Trinajstić information content (AvgIpc) is 2.39. The van der Waals surface area contributed by atoms with Crippen molar-refractivity contribution in [3.8, 4) is 5.75 Å². The third-order valence-electron chi connectivity index (χ3n) is 2.33. The zero-order valence-corrected chi connectivity index (χ0v) is 15.0. The number of nitrogens with zero attached hydrogens (tertiary/aromatic N) is 2. The van der Waals surface area contributed by atoms with Crippen LogP contribution in [0.4, 0.5) is 5.82 Å². The molecule has 0 aliphatic rings. The lowest BCUT2D eigenvalue weighted by molar-refractivity contribution is 0.413. The number of ether oxygens (including phenoxy) is 1. The highest BCUT2D eigenvalue weighted by molar-refractivity contribution is 14.1. The molecule has 0 saturated heterocycles. The van der Waals surface area contributed by atoms with Crippen LogP contribution in [0, 0.1) is 3.70 Å². The number of hydrogen-bond acceptors (Lipinski definition) is 5. The van der Waals surface area contributed by atoms with Crippen molar-refractivity contribution in [2.75, 3.05) is 11.8 Å². The van der Waals surface area contributed by atoms with E-state index in [1.54, 1.807) is 6.07 Å². The van der Waals surface area contributed by atoms with Crippen molar-refractivity contribution in [1.82, 2.24) is 10.2 Å². The Hall–Kier alpha value is -0.840. The molecule has 0 saturated carbocycles. The van der Waals surface area contributed by atoms with E-state index >= 15 is 0 Å². The molecule has 0 fully saturated rings. The van der Waals surface area contributed by atoms with Gasteiger partial charge in [0.2, 0.25) is 5.82 Å². The molecule has 0 aliphatic heterocycles. The average molecular weight is 460 g/mol. The molecule has 2 aromatic rings. The lowest BCUT2D eigenvalue weighted by Crippen LogP contribution is -2.15. The SMILES string of the molecule is COc1cc(I)nnc1NS(=O)(=O)c1cc(Cl)cc(Cl)c1. The number of aromatic nitrogens is 2. The molecule has 0 spiro atoms. The van der Waals surface area contributed by atoms with Crippen molar-refractivity contribution < 1.29 is 13.2 Å². The number of halogens is 3. The first-order chi connectivity index (χ1) is 9.81. The van der Waals surface area contributed by atoms with Crippen molar-refractivity contribution in [3.63, 3.8) is 0 Å². The number of rotatable bonds is 4. The Morgan fingerprint density at radius 3 is 2.33 bits per heavy atom. The Kier molecular flexibility index (Phi) is 5.12. The minimum atomic E-state index is -3.91. The van der Waals surface area contributed by atoms with Crippen molar-refractivity contribution in [1.29, 1.82) is 0 Å². The quantitative estimate of drug-likeness (QED) is 0.710. The first-order valence-electron chi connectivity index (χ1n) is 5.38. The number of sulfonamides is 1. The van der Waals surface area contributed by atoms with Gasteiger partial charge in [0.1, 0.15) is 3.70 Å². The molecule has 0 bridgehead atoms. The summed E-state index contributed by atoms with van der Waals surface area (Å²) in [6, 6.07) is 5.55. The molecule has 2 rings (SSSR count). The number of methoxy groups -OCH3 is 1. The van der Waals surface area contributed by atoms with E-state index in [9.17, 15) is 8.42 Å². The molecule has 0 unspecified atom stereocenters. The predicted molar refractivity (Wildman–Crippen MR) is 88.6 cm³/mol. The Morgan fingerprint density at radius 1 is 1.14 bits per heavy atom. The molecule has 21 heavy (non-hydrogen) atoms. The Balaban J connectivity index is 2.42. The van der Waals surface area contributed by atoms with Crippen LogP contribution in [-0.4, -0.2) is 25.7 Å². The van der Waals surface area contributed by atoms with Gasteiger partial charge in [0.15, 0.2) is 5.75 Å². The van der Waals surface area contributed by atoms with E-state index in [0.29, 0.717) is 3.70 Å². The highest BCUT2D eigenvalue weighted by Gasteiger charge is 2.19. The van der Waals surface area contributed by atoms with Gasteiger partial charge in [-0.1, -0.05) is 23.2 Å². The van der Waals surface area contributed by atoms with Gasteiger partial charge in [-0.05, 0) is 40.8 Å². The van der Waals surface area contributed by atoms with Gasteiger partial charge in [0.05, 0.1) is 12.0 Å². The largest absolute Gasteiger partial charge is 0.493 e. The van der Waals surface area contributed by atoms with E-state index in [4.69, 9.17) is 27.9 Å². The van der Waals surface area contributed by atoms with Crippen LogP contribution >= 0.6 is 45.8 Å². The summed E-state index contributed by atoms with van der Waals surface area (Å²) in [6.45, 7) is 0. The highest BCUT2D eigenvalue weighted by Crippen LogP contribution is 2.27. The molecular formula is C11H8Cl2IN3O3S. The lowest BCUT2D eigenvalue weighted by Gasteiger charge is -2.10. The van der Waals surface area contributed by atoms with E-state index in [1.165, 1.54) is 25.3 Å². The van der Waals surface area contributed by atoms with Crippen molar-refractivity contribution >= 4 is 61.6 Å². The van der Waals surface area contributed by atoms with Crippen LogP contribution < -0.4 is 9.46 Å². The highest BCUT2D eigenvalue weighted by atomic mass is 127. The maximum atomic E-state index is 12.3. The van der Waals surface area contributed by atoms with Crippen molar-refractivity contribution in [2.24, 2.45) is 0 Å². The van der Waals surface area contributed by atoms with Gasteiger partial charge >= 0.3 is 0 Å². The fourth-order valence-corrected chi connectivity index (χ4v) is 3.57. The molecule has 1 aromatic heterocycles. The van der Waals surface area contributed by atoms with Gasteiger partial charge in [-0.3, -0.25) is 4.72 Å². The summed E-state index contributed by atoms with van der Waals surface area (Å²) in [4.78, 5) is -0.0811. The summed E-state index contributed by atoms with van der Waals surface area (Å²) in [5.41, 5.74) is 0. The summed E-state index contributed by atoms with van der Waals surface area (Å²) in [7, 11) is -2.50. The summed E-state index contributed by atoms with van der Waals surface area (Å²) in [5, 5.41) is 7.97. The molecule has 0 atom stereocenters. The summed E-state index contributed by atoms with van der Waals surface area (Å²) in [5.74, 6) is 0.236. The summed E-state index contributed by atoms with van der Waals surface area (Å²) in [6.07, 6.45) is 0. The maximum absolute atomic E-state index is 12.3. The van der Waals surface area contributed by atoms with Gasteiger partial charge in [0, 0.05) is 16.1 Å². The molecule has 10 heteroatoms. The van der Waals surface area contributed by atoms with Crippen LogP contribution in [-0.2, 0) is 10.0 Å². The van der Waals surface area contributed by atoms with E-state index in [2.05, 4.69) is 14.9 Å². The fraction of sp³-hybridized carbons (Fsp3) is 0.0909. The van der Waals surface area contributed by atoms with Gasteiger partial charge in [-0.25, -0.2) is 8.42 Å².